The van der Waals surface area contributed by atoms with E-state index < -0.39 is 11.2 Å². The van der Waals surface area contributed by atoms with E-state index in [4.69, 9.17) is 0 Å². The van der Waals surface area contributed by atoms with Gasteiger partial charge in [-0.15, -0.1) is 11.8 Å². The highest BCUT2D eigenvalue weighted by molar-refractivity contribution is 7.98. The van der Waals surface area contributed by atoms with Crippen molar-refractivity contribution in [2.75, 3.05) is 5.01 Å². The predicted molar refractivity (Wildman–Crippen MR) is 131 cm³/mol. The van der Waals surface area contributed by atoms with E-state index in [2.05, 4.69) is 39.5 Å². The summed E-state index contributed by atoms with van der Waals surface area (Å²) in [6.45, 7) is 0.322. The molecule has 0 spiro atoms. The number of aromatic amines is 1. The quantitative estimate of drug-likeness (QED) is 0.432. The van der Waals surface area contributed by atoms with Crippen LogP contribution in [0.2, 0.25) is 0 Å². The second-order valence-electron chi connectivity index (χ2n) is 9.02. The van der Waals surface area contributed by atoms with Crippen LogP contribution in [0.5, 0.6) is 5.75 Å². The Morgan fingerprint density at radius 2 is 1.80 bits per heavy atom. The molecule has 8 nitrogen and oxygen atoms in total. The van der Waals surface area contributed by atoms with E-state index in [9.17, 15) is 14.7 Å². The zero-order valence-electron chi connectivity index (χ0n) is 18.6. The molecule has 0 aliphatic carbocycles. The lowest BCUT2D eigenvalue weighted by atomic mass is 9.92. The molecular weight excluding hydrogens is 462 g/mol. The molecule has 4 aromatic rings. The molecule has 0 fully saturated rings. The van der Waals surface area contributed by atoms with E-state index in [0.717, 1.165) is 28.1 Å². The lowest BCUT2D eigenvalue weighted by Gasteiger charge is -2.51. The summed E-state index contributed by atoms with van der Waals surface area (Å²) in [6.07, 6.45) is 3.66. The van der Waals surface area contributed by atoms with Gasteiger partial charge in [0.2, 0.25) is 5.43 Å². The number of benzene rings is 2. The highest BCUT2D eigenvalue weighted by Crippen LogP contribution is 2.45. The van der Waals surface area contributed by atoms with Crippen molar-refractivity contribution in [1.29, 1.82) is 0 Å². The van der Waals surface area contributed by atoms with Crippen molar-refractivity contribution in [1.82, 2.24) is 19.8 Å². The van der Waals surface area contributed by atoms with Gasteiger partial charge < -0.3 is 10.0 Å². The van der Waals surface area contributed by atoms with E-state index >= 15 is 0 Å². The number of carbonyl (C=O) groups excluding carboxylic acids is 1. The molecule has 2 aromatic carbocycles. The molecule has 7 rings (SSSR count). The molecule has 0 saturated heterocycles. The molecular formula is C26H21N5O3S. The van der Waals surface area contributed by atoms with Crippen LogP contribution in [0, 0.1) is 0 Å². The Morgan fingerprint density at radius 1 is 1.00 bits per heavy atom. The third-order valence-corrected chi connectivity index (χ3v) is 8.32. The number of pyridine rings is 1. The smallest absolute Gasteiger partial charge is 0.278 e. The minimum atomic E-state index is -0.570. The SMILES string of the molecule is O=C1c2c(O)c(=O)ccn2N([C@H]2c3ccccc3CSc3ccccc32)[C@@H]2Cc3cn[nH]c3CN12. The number of thioether (sulfide) groups is 1. The van der Waals surface area contributed by atoms with Crippen LogP contribution in [0.4, 0.5) is 0 Å². The number of rotatable bonds is 1. The van der Waals surface area contributed by atoms with Crippen LogP contribution in [-0.4, -0.2) is 37.0 Å². The van der Waals surface area contributed by atoms with Crippen molar-refractivity contribution in [3.05, 3.63) is 111 Å². The van der Waals surface area contributed by atoms with Gasteiger partial charge in [-0.2, -0.15) is 5.10 Å². The van der Waals surface area contributed by atoms with E-state index in [1.807, 2.05) is 30.5 Å². The molecule has 2 N–H and O–H groups in total. The van der Waals surface area contributed by atoms with Crippen molar-refractivity contribution in [2.45, 2.75) is 35.8 Å². The number of hydrogen-bond donors (Lipinski definition) is 2. The molecule has 3 aliphatic heterocycles. The lowest BCUT2D eigenvalue weighted by molar-refractivity contribution is 0.0497. The standard InChI is InChI=1S/C26H21N5O3S/c32-20-9-10-30-24(25(20)33)26(34)29-13-19-16(12-27-28-19)11-22(29)31(30)23-17-6-2-1-5-15(17)14-35-21-8-4-3-7-18(21)23/h1-10,12,22-23,33H,11,13-14H2,(H,27,28)/t22-,23+/m1/s1. The fourth-order valence-corrected chi connectivity index (χ4v) is 6.63. The Hall–Kier alpha value is -3.98. The van der Waals surface area contributed by atoms with Crippen LogP contribution in [0.25, 0.3) is 0 Å². The Kier molecular flexibility index (Phi) is 4.38. The minimum Gasteiger partial charge on any atom is -0.502 e. The van der Waals surface area contributed by atoms with Gasteiger partial charge in [0.15, 0.2) is 11.4 Å². The zero-order valence-corrected chi connectivity index (χ0v) is 19.4. The molecule has 5 heterocycles. The van der Waals surface area contributed by atoms with Crippen LogP contribution in [0.1, 0.15) is 44.5 Å². The molecule has 3 aliphatic rings. The van der Waals surface area contributed by atoms with Crippen molar-refractivity contribution < 1.29 is 9.90 Å². The highest BCUT2D eigenvalue weighted by Gasteiger charge is 2.46. The van der Waals surface area contributed by atoms with E-state index in [0.29, 0.717) is 13.0 Å². The zero-order chi connectivity index (χ0) is 23.7. The maximum Gasteiger partial charge on any atom is 0.278 e. The number of fused-ring (bicyclic) bond motifs is 5. The molecule has 0 saturated carbocycles. The number of nitrogens with one attached hydrogen (secondary N) is 1. The molecule has 9 heteroatoms. The summed E-state index contributed by atoms with van der Waals surface area (Å²) in [7, 11) is 0. The average molecular weight is 484 g/mol. The number of aromatic hydroxyl groups is 1. The molecule has 0 radical (unpaired) electrons. The van der Waals surface area contributed by atoms with Crippen molar-refractivity contribution in [3.63, 3.8) is 0 Å². The van der Waals surface area contributed by atoms with Gasteiger partial charge in [0, 0.05) is 29.3 Å². The molecule has 35 heavy (non-hydrogen) atoms. The summed E-state index contributed by atoms with van der Waals surface area (Å²) in [5.74, 6) is -0.0638. The maximum atomic E-state index is 13.7. The maximum absolute atomic E-state index is 13.7. The van der Waals surface area contributed by atoms with E-state index in [1.54, 1.807) is 27.5 Å². The van der Waals surface area contributed by atoms with Crippen LogP contribution in [-0.2, 0) is 18.7 Å². The number of H-pyrrole nitrogens is 1. The van der Waals surface area contributed by atoms with Crippen molar-refractivity contribution in [3.8, 4) is 5.75 Å². The fourth-order valence-electron chi connectivity index (χ4n) is 5.54. The first-order valence-corrected chi connectivity index (χ1v) is 12.4. The first kappa shape index (κ1) is 20.4. The average Bonchev–Trinajstić information content (AvgIpc) is 3.27. The number of nitrogens with zero attached hydrogens (tertiary/aromatic N) is 4. The van der Waals surface area contributed by atoms with Crippen LogP contribution < -0.4 is 10.4 Å². The fraction of sp³-hybridized carbons (Fsp3) is 0.192. The Balaban J connectivity index is 1.53. The molecule has 0 bridgehead atoms. The number of carbonyl (C=O) groups is 1. The van der Waals surface area contributed by atoms with Gasteiger partial charge in [-0.3, -0.25) is 24.4 Å². The second-order valence-corrected chi connectivity index (χ2v) is 10.0. The molecule has 2 aromatic heterocycles. The van der Waals surface area contributed by atoms with Gasteiger partial charge in [-0.05, 0) is 28.3 Å². The third-order valence-electron chi connectivity index (χ3n) is 7.18. The summed E-state index contributed by atoms with van der Waals surface area (Å²) < 4.78 is 1.69. The van der Waals surface area contributed by atoms with E-state index in [-0.39, 0.29) is 23.8 Å². The minimum absolute atomic E-state index is 0.0106. The third kappa shape index (κ3) is 2.91. The molecule has 1 amide bonds. The summed E-state index contributed by atoms with van der Waals surface area (Å²) in [5.41, 5.74) is 4.83. The van der Waals surface area contributed by atoms with Crippen molar-refractivity contribution in [2.24, 2.45) is 0 Å². The van der Waals surface area contributed by atoms with Gasteiger partial charge >= 0.3 is 0 Å². The Bertz CT molecular complexity index is 1510. The van der Waals surface area contributed by atoms with Gasteiger partial charge in [0.05, 0.1) is 24.5 Å². The molecule has 174 valence electrons. The van der Waals surface area contributed by atoms with Crippen LogP contribution in [0.3, 0.4) is 0 Å². The predicted octanol–water partition coefficient (Wildman–Crippen LogP) is 3.15. The first-order valence-electron chi connectivity index (χ1n) is 11.5. The second kappa shape index (κ2) is 7.51. The van der Waals surface area contributed by atoms with Crippen LogP contribution >= 0.6 is 11.8 Å². The molecule has 0 unspecified atom stereocenters. The van der Waals surface area contributed by atoms with Gasteiger partial charge in [0.25, 0.3) is 5.91 Å². The topological polar surface area (TPSA) is 94.5 Å². The van der Waals surface area contributed by atoms with Gasteiger partial charge in [0.1, 0.15) is 6.17 Å². The number of hydrogen-bond acceptors (Lipinski definition) is 6. The van der Waals surface area contributed by atoms with Gasteiger partial charge in [-0.25, -0.2) is 0 Å². The first-order chi connectivity index (χ1) is 17.1. The summed E-state index contributed by atoms with van der Waals surface area (Å²) >= 11 is 1.80. The highest BCUT2D eigenvalue weighted by atomic mass is 32.2. The van der Waals surface area contributed by atoms with E-state index in [1.165, 1.54) is 16.5 Å². The summed E-state index contributed by atoms with van der Waals surface area (Å²) in [5, 5.41) is 20.1. The Morgan fingerprint density at radius 3 is 2.69 bits per heavy atom. The lowest BCUT2D eigenvalue weighted by Crippen LogP contribution is -2.64. The van der Waals surface area contributed by atoms with Crippen molar-refractivity contribution >= 4 is 17.7 Å². The Labute approximate surface area is 204 Å². The number of aromatic nitrogens is 3. The largest absolute Gasteiger partial charge is 0.502 e. The normalized spacial score (nSPS) is 20.3. The number of amides is 1. The summed E-state index contributed by atoms with van der Waals surface area (Å²) in [4.78, 5) is 29.0. The molecule has 2 atom stereocenters. The summed E-state index contributed by atoms with van der Waals surface area (Å²) in [6, 6.07) is 17.8. The van der Waals surface area contributed by atoms with Crippen LogP contribution in [0.15, 0.2) is 76.7 Å². The monoisotopic (exact) mass is 483 g/mol. The van der Waals surface area contributed by atoms with Gasteiger partial charge in [-0.1, -0.05) is 42.5 Å².